The number of fused-ring (bicyclic) bond motifs is 1. The molecule has 0 aliphatic rings. The van der Waals surface area contributed by atoms with Crippen LogP contribution in [0.5, 0.6) is 0 Å². The summed E-state index contributed by atoms with van der Waals surface area (Å²) >= 11 is 0. The number of aryl methyl sites for hydroxylation is 2. The first-order chi connectivity index (χ1) is 9.22. The molecule has 1 aromatic heterocycles. The zero-order valence-corrected chi connectivity index (χ0v) is 11.6. The SMILES string of the molecule is Cc1cc2ncnc(NCCCCCO)c2cc1C. The van der Waals surface area contributed by atoms with Gasteiger partial charge in [-0.3, -0.25) is 0 Å². The average Bonchev–Trinajstić information content (AvgIpc) is 2.40. The van der Waals surface area contributed by atoms with Crippen molar-refractivity contribution in [1.82, 2.24) is 9.97 Å². The molecule has 4 heteroatoms. The van der Waals surface area contributed by atoms with Crippen LogP contribution in [-0.4, -0.2) is 28.2 Å². The van der Waals surface area contributed by atoms with Crippen molar-refractivity contribution in [1.29, 1.82) is 0 Å². The Morgan fingerprint density at radius 1 is 1.05 bits per heavy atom. The fraction of sp³-hybridized carbons (Fsp3) is 0.467. The molecule has 19 heavy (non-hydrogen) atoms. The number of aromatic nitrogens is 2. The number of nitrogens with one attached hydrogen (secondary N) is 1. The molecule has 1 aromatic carbocycles. The second-order valence-corrected chi connectivity index (χ2v) is 4.89. The predicted octanol–water partition coefficient (Wildman–Crippen LogP) is 2.82. The molecular formula is C15H21N3O. The first-order valence-corrected chi connectivity index (χ1v) is 6.79. The molecule has 0 spiro atoms. The van der Waals surface area contributed by atoms with E-state index in [2.05, 4.69) is 41.3 Å². The van der Waals surface area contributed by atoms with Crippen molar-refractivity contribution in [3.8, 4) is 0 Å². The van der Waals surface area contributed by atoms with E-state index < -0.39 is 0 Å². The van der Waals surface area contributed by atoms with Gasteiger partial charge in [-0.15, -0.1) is 0 Å². The highest BCUT2D eigenvalue weighted by atomic mass is 16.2. The van der Waals surface area contributed by atoms with Crippen LogP contribution >= 0.6 is 0 Å². The molecule has 0 radical (unpaired) electrons. The fourth-order valence-corrected chi connectivity index (χ4v) is 2.08. The lowest BCUT2D eigenvalue weighted by Crippen LogP contribution is -2.05. The van der Waals surface area contributed by atoms with Crippen LogP contribution < -0.4 is 5.32 Å². The molecule has 0 bridgehead atoms. The molecule has 2 rings (SSSR count). The summed E-state index contributed by atoms with van der Waals surface area (Å²) in [6.45, 7) is 5.35. The molecule has 0 atom stereocenters. The highest BCUT2D eigenvalue weighted by Gasteiger charge is 2.05. The van der Waals surface area contributed by atoms with E-state index in [0.717, 1.165) is 42.5 Å². The van der Waals surface area contributed by atoms with Gasteiger partial charge in [0, 0.05) is 18.5 Å². The molecule has 2 aromatic rings. The highest BCUT2D eigenvalue weighted by molar-refractivity contribution is 5.89. The molecule has 4 nitrogen and oxygen atoms in total. The zero-order valence-electron chi connectivity index (χ0n) is 11.6. The maximum Gasteiger partial charge on any atom is 0.137 e. The van der Waals surface area contributed by atoms with E-state index in [-0.39, 0.29) is 6.61 Å². The van der Waals surface area contributed by atoms with E-state index in [0.29, 0.717) is 0 Å². The van der Waals surface area contributed by atoms with Gasteiger partial charge in [-0.2, -0.15) is 0 Å². The Labute approximate surface area is 113 Å². The first-order valence-electron chi connectivity index (χ1n) is 6.79. The van der Waals surface area contributed by atoms with E-state index in [4.69, 9.17) is 5.11 Å². The van der Waals surface area contributed by atoms with Crippen LogP contribution in [0.25, 0.3) is 10.9 Å². The van der Waals surface area contributed by atoms with Crippen LogP contribution in [-0.2, 0) is 0 Å². The van der Waals surface area contributed by atoms with Crippen LogP contribution in [0.2, 0.25) is 0 Å². The Balaban J connectivity index is 2.12. The fourth-order valence-electron chi connectivity index (χ4n) is 2.08. The van der Waals surface area contributed by atoms with Crippen molar-refractivity contribution in [3.05, 3.63) is 29.6 Å². The van der Waals surface area contributed by atoms with E-state index in [1.165, 1.54) is 11.1 Å². The number of aliphatic hydroxyl groups excluding tert-OH is 1. The van der Waals surface area contributed by atoms with E-state index in [1.807, 2.05) is 0 Å². The summed E-state index contributed by atoms with van der Waals surface area (Å²) in [5.41, 5.74) is 3.49. The summed E-state index contributed by atoms with van der Waals surface area (Å²) in [5.74, 6) is 0.900. The number of nitrogens with zero attached hydrogens (tertiary/aromatic N) is 2. The first kappa shape index (κ1) is 13.7. The summed E-state index contributed by atoms with van der Waals surface area (Å²) < 4.78 is 0. The molecular weight excluding hydrogens is 238 g/mol. The van der Waals surface area contributed by atoms with E-state index >= 15 is 0 Å². The van der Waals surface area contributed by atoms with E-state index in [9.17, 15) is 0 Å². The van der Waals surface area contributed by atoms with Gasteiger partial charge >= 0.3 is 0 Å². The van der Waals surface area contributed by atoms with Gasteiger partial charge in [0.25, 0.3) is 0 Å². The summed E-state index contributed by atoms with van der Waals surface area (Å²) in [4.78, 5) is 8.64. The average molecular weight is 259 g/mol. The van der Waals surface area contributed by atoms with Crippen molar-refractivity contribution in [3.63, 3.8) is 0 Å². The van der Waals surface area contributed by atoms with Crippen LogP contribution in [0.1, 0.15) is 30.4 Å². The van der Waals surface area contributed by atoms with Crippen molar-refractivity contribution in [2.24, 2.45) is 0 Å². The Bertz CT molecular complexity index is 554. The number of anilines is 1. The third kappa shape index (κ3) is 3.41. The number of unbranched alkanes of at least 4 members (excludes halogenated alkanes) is 2. The lowest BCUT2D eigenvalue weighted by molar-refractivity contribution is 0.283. The third-order valence-electron chi connectivity index (χ3n) is 3.38. The van der Waals surface area contributed by atoms with Gasteiger partial charge < -0.3 is 10.4 Å². The molecule has 0 fully saturated rings. The minimum atomic E-state index is 0.273. The summed E-state index contributed by atoms with van der Waals surface area (Å²) in [6.07, 6.45) is 4.54. The Hall–Kier alpha value is -1.68. The normalized spacial score (nSPS) is 10.9. The van der Waals surface area contributed by atoms with Crippen LogP contribution in [0.4, 0.5) is 5.82 Å². The number of hydrogen-bond donors (Lipinski definition) is 2. The van der Waals surface area contributed by atoms with Crippen LogP contribution in [0.15, 0.2) is 18.5 Å². The number of rotatable bonds is 6. The standard InChI is InChI=1S/C15H21N3O/c1-11-8-13-14(9-12(11)2)17-10-18-15(13)16-6-4-3-5-7-19/h8-10,19H,3-7H2,1-2H3,(H,16,17,18). The lowest BCUT2D eigenvalue weighted by atomic mass is 10.1. The summed E-state index contributed by atoms with van der Waals surface area (Å²) in [6, 6.07) is 4.24. The van der Waals surface area contributed by atoms with Gasteiger partial charge in [-0.25, -0.2) is 9.97 Å². The van der Waals surface area contributed by atoms with Crippen LogP contribution in [0.3, 0.4) is 0 Å². The summed E-state index contributed by atoms with van der Waals surface area (Å²) in [5, 5.41) is 13.2. The number of hydrogen-bond acceptors (Lipinski definition) is 4. The minimum Gasteiger partial charge on any atom is -0.396 e. The molecule has 2 N–H and O–H groups in total. The van der Waals surface area contributed by atoms with Crippen molar-refractivity contribution < 1.29 is 5.11 Å². The van der Waals surface area contributed by atoms with Gasteiger partial charge in [0.1, 0.15) is 12.1 Å². The maximum atomic E-state index is 8.74. The second kappa shape index (κ2) is 6.48. The molecule has 0 amide bonds. The minimum absolute atomic E-state index is 0.273. The van der Waals surface area contributed by atoms with Gasteiger partial charge in [-0.1, -0.05) is 0 Å². The van der Waals surface area contributed by atoms with E-state index in [1.54, 1.807) is 6.33 Å². The molecule has 1 heterocycles. The number of aliphatic hydroxyl groups is 1. The van der Waals surface area contributed by atoms with Gasteiger partial charge in [0.05, 0.1) is 5.52 Å². The monoisotopic (exact) mass is 259 g/mol. The van der Waals surface area contributed by atoms with Crippen molar-refractivity contribution >= 4 is 16.7 Å². The second-order valence-electron chi connectivity index (χ2n) is 4.89. The molecule has 0 aliphatic heterocycles. The quantitative estimate of drug-likeness (QED) is 0.783. The molecule has 0 saturated carbocycles. The van der Waals surface area contributed by atoms with Gasteiger partial charge in [0.2, 0.25) is 0 Å². The summed E-state index contributed by atoms with van der Waals surface area (Å²) in [7, 11) is 0. The van der Waals surface area contributed by atoms with Crippen LogP contribution in [0, 0.1) is 13.8 Å². The van der Waals surface area contributed by atoms with Crippen molar-refractivity contribution in [2.45, 2.75) is 33.1 Å². The van der Waals surface area contributed by atoms with Gasteiger partial charge in [-0.05, 0) is 56.4 Å². The molecule has 0 aliphatic carbocycles. The van der Waals surface area contributed by atoms with Crippen molar-refractivity contribution in [2.75, 3.05) is 18.5 Å². The molecule has 102 valence electrons. The number of benzene rings is 1. The third-order valence-corrected chi connectivity index (χ3v) is 3.38. The Morgan fingerprint density at radius 2 is 1.84 bits per heavy atom. The smallest absolute Gasteiger partial charge is 0.137 e. The Kier molecular flexibility index (Phi) is 4.68. The highest BCUT2D eigenvalue weighted by Crippen LogP contribution is 2.22. The lowest BCUT2D eigenvalue weighted by Gasteiger charge is -2.09. The topological polar surface area (TPSA) is 58.0 Å². The zero-order chi connectivity index (χ0) is 13.7. The molecule has 0 unspecified atom stereocenters. The molecule has 0 saturated heterocycles. The Morgan fingerprint density at radius 3 is 2.63 bits per heavy atom. The predicted molar refractivity (Wildman–Crippen MR) is 78.4 cm³/mol. The van der Waals surface area contributed by atoms with Gasteiger partial charge in [0.15, 0.2) is 0 Å². The largest absolute Gasteiger partial charge is 0.396 e. The maximum absolute atomic E-state index is 8.74.